The van der Waals surface area contributed by atoms with Crippen LogP contribution >= 0.6 is 11.3 Å². The average molecular weight is 501 g/mol. The van der Waals surface area contributed by atoms with E-state index in [1.165, 1.54) is 17.4 Å². The first-order valence-electron chi connectivity index (χ1n) is 11.3. The van der Waals surface area contributed by atoms with Crippen LogP contribution in [0.2, 0.25) is 0 Å². The van der Waals surface area contributed by atoms with Crippen LogP contribution in [-0.2, 0) is 14.3 Å². The molecule has 3 amide bonds. The van der Waals surface area contributed by atoms with Crippen LogP contribution in [0.1, 0.15) is 35.1 Å². The van der Waals surface area contributed by atoms with Crippen molar-refractivity contribution in [3.63, 3.8) is 0 Å². The maximum atomic E-state index is 12.8. The Labute approximate surface area is 207 Å². The second-order valence-electron chi connectivity index (χ2n) is 7.79. The Morgan fingerprint density at radius 3 is 2.46 bits per heavy atom. The number of carbonyl (C=O) groups is 4. The Morgan fingerprint density at radius 1 is 1.11 bits per heavy atom. The number of hydrogen-bond donors (Lipinski definition) is 2. The molecule has 0 aliphatic carbocycles. The van der Waals surface area contributed by atoms with E-state index in [1.54, 1.807) is 9.80 Å². The van der Waals surface area contributed by atoms with Gasteiger partial charge >= 0.3 is 12.1 Å². The highest BCUT2D eigenvalue weighted by molar-refractivity contribution is 7.16. The van der Waals surface area contributed by atoms with Crippen molar-refractivity contribution in [2.45, 2.75) is 19.8 Å². The molecular formula is C24H28N4O6S. The number of nitrogens with zero attached hydrogens (tertiary/aromatic N) is 3. The minimum Gasteiger partial charge on any atom is -0.478 e. The molecular weight excluding hydrogens is 472 g/mol. The zero-order valence-corrected chi connectivity index (χ0v) is 20.3. The molecule has 1 aromatic carbocycles. The summed E-state index contributed by atoms with van der Waals surface area (Å²) in [7, 11) is 0. The van der Waals surface area contributed by atoms with Gasteiger partial charge in [0.05, 0.1) is 18.0 Å². The van der Waals surface area contributed by atoms with Crippen LogP contribution in [0.5, 0.6) is 0 Å². The smallest absolute Gasteiger partial charge is 0.409 e. The summed E-state index contributed by atoms with van der Waals surface area (Å²) in [6, 6.07) is 9.22. The van der Waals surface area contributed by atoms with Crippen molar-refractivity contribution >= 4 is 41.3 Å². The quantitative estimate of drug-likeness (QED) is 0.400. The molecule has 1 aliphatic heterocycles. The molecule has 0 spiro atoms. The molecule has 1 aliphatic rings. The van der Waals surface area contributed by atoms with E-state index in [2.05, 4.69) is 10.3 Å². The lowest BCUT2D eigenvalue weighted by molar-refractivity contribution is -0.132. The summed E-state index contributed by atoms with van der Waals surface area (Å²) < 4.78 is 5.20. The maximum absolute atomic E-state index is 12.8. The summed E-state index contributed by atoms with van der Waals surface area (Å²) in [5, 5.41) is 12.1. The Balaban J connectivity index is 1.58. The molecule has 3 rings (SSSR count). The van der Waals surface area contributed by atoms with Crippen LogP contribution in [0.15, 0.2) is 36.4 Å². The van der Waals surface area contributed by atoms with E-state index < -0.39 is 11.9 Å². The number of unbranched alkanes of at least 4 members (excludes halogenated alkanes) is 1. The maximum Gasteiger partial charge on any atom is 0.409 e. The zero-order valence-electron chi connectivity index (χ0n) is 19.4. The molecule has 10 nitrogen and oxygen atoms in total. The van der Waals surface area contributed by atoms with Crippen LogP contribution in [0.4, 0.5) is 4.79 Å². The van der Waals surface area contributed by atoms with Crippen molar-refractivity contribution in [2.24, 2.45) is 0 Å². The third kappa shape index (κ3) is 7.38. The SMILES string of the molecule is CCCCOC(=O)N1CCN(C(=O)CNC(=O)c2nc(-c3ccccc3)sc2C=CC(=O)O)CC1. The Bertz CT molecular complexity index is 1080. The van der Waals surface area contributed by atoms with Crippen molar-refractivity contribution in [1.29, 1.82) is 0 Å². The van der Waals surface area contributed by atoms with Gasteiger partial charge in [0.2, 0.25) is 5.91 Å². The topological polar surface area (TPSA) is 129 Å². The molecule has 0 atom stereocenters. The monoisotopic (exact) mass is 500 g/mol. The second-order valence-corrected chi connectivity index (χ2v) is 8.82. The summed E-state index contributed by atoms with van der Waals surface area (Å²) >= 11 is 1.19. The predicted molar refractivity (Wildman–Crippen MR) is 131 cm³/mol. The number of piperazine rings is 1. The molecule has 2 N–H and O–H groups in total. The summed E-state index contributed by atoms with van der Waals surface area (Å²) in [6.45, 7) is 3.58. The molecule has 0 bridgehead atoms. The number of nitrogens with one attached hydrogen (secondary N) is 1. The van der Waals surface area contributed by atoms with E-state index in [9.17, 15) is 19.2 Å². The highest BCUT2D eigenvalue weighted by atomic mass is 32.1. The minimum atomic E-state index is -1.14. The van der Waals surface area contributed by atoms with E-state index in [0.717, 1.165) is 24.5 Å². The number of carbonyl (C=O) groups excluding carboxylic acids is 3. The third-order valence-electron chi connectivity index (χ3n) is 5.28. The van der Waals surface area contributed by atoms with Gasteiger partial charge < -0.3 is 25.0 Å². The van der Waals surface area contributed by atoms with E-state index in [1.807, 2.05) is 37.3 Å². The molecule has 0 unspecified atom stereocenters. The highest BCUT2D eigenvalue weighted by Gasteiger charge is 2.26. The molecule has 0 saturated carbocycles. The van der Waals surface area contributed by atoms with Crippen molar-refractivity contribution in [1.82, 2.24) is 20.1 Å². The number of benzene rings is 1. The molecule has 2 aromatic rings. The number of ether oxygens (including phenoxy) is 1. The van der Waals surface area contributed by atoms with Gasteiger partial charge in [-0.05, 0) is 12.5 Å². The number of rotatable bonds is 9. The van der Waals surface area contributed by atoms with Gasteiger partial charge in [0.25, 0.3) is 5.91 Å². The van der Waals surface area contributed by atoms with Gasteiger partial charge in [-0.1, -0.05) is 43.7 Å². The largest absolute Gasteiger partial charge is 0.478 e. The third-order valence-corrected chi connectivity index (χ3v) is 6.35. The van der Waals surface area contributed by atoms with Gasteiger partial charge in [0, 0.05) is 37.8 Å². The first-order valence-corrected chi connectivity index (χ1v) is 12.2. The number of amides is 3. The van der Waals surface area contributed by atoms with Gasteiger partial charge in [-0.3, -0.25) is 9.59 Å². The van der Waals surface area contributed by atoms with Crippen LogP contribution in [0, 0.1) is 0 Å². The van der Waals surface area contributed by atoms with E-state index in [-0.39, 0.29) is 24.2 Å². The fraction of sp³-hybridized carbons (Fsp3) is 0.375. The van der Waals surface area contributed by atoms with E-state index in [0.29, 0.717) is 42.7 Å². The molecule has 1 aromatic heterocycles. The molecule has 186 valence electrons. The summed E-state index contributed by atoms with van der Waals surface area (Å²) in [4.78, 5) is 56.4. The average Bonchev–Trinajstić information content (AvgIpc) is 3.31. The number of hydrogen-bond acceptors (Lipinski definition) is 7. The lowest BCUT2D eigenvalue weighted by atomic mass is 10.2. The van der Waals surface area contributed by atoms with Crippen LogP contribution < -0.4 is 5.32 Å². The second kappa shape index (κ2) is 12.7. The van der Waals surface area contributed by atoms with Crippen LogP contribution in [-0.4, -0.2) is 83.1 Å². The minimum absolute atomic E-state index is 0.0544. The zero-order chi connectivity index (χ0) is 25.2. The standard InChI is InChI=1S/C24H28N4O6S/c1-2-3-15-34-24(33)28-13-11-27(12-14-28)19(29)16-25-22(32)21-18(9-10-20(30)31)35-23(26-21)17-7-5-4-6-8-17/h4-10H,2-3,11-16H2,1H3,(H,25,32)(H,30,31). The summed E-state index contributed by atoms with van der Waals surface area (Å²) in [5.74, 6) is -1.99. The van der Waals surface area contributed by atoms with Gasteiger partial charge in [-0.2, -0.15) is 0 Å². The Kier molecular flexibility index (Phi) is 9.36. The lowest BCUT2D eigenvalue weighted by Gasteiger charge is -2.34. The lowest BCUT2D eigenvalue weighted by Crippen LogP contribution is -2.52. The first-order chi connectivity index (χ1) is 16.9. The van der Waals surface area contributed by atoms with Crippen molar-refractivity contribution < 1.29 is 29.0 Å². The summed E-state index contributed by atoms with van der Waals surface area (Å²) in [5.41, 5.74) is 0.850. The van der Waals surface area contributed by atoms with E-state index >= 15 is 0 Å². The highest BCUT2D eigenvalue weighted by Crippen LogP contribution is 2.29. The van der Waals surface area contributed by atoms with Gasteiger partial charge in [-0.15, -0.1) is 11.3 Å². The summed E-state index contributed by atoms with van der Waals surface area (Å²) in [6.07, 6.45) is 3.63. The van der Waals surface area contributed by atoms with Gasteiger partial charge in [0.1, 0.15) is 10.7 Å². The van der Waals surface area contributed by atoms with E-state index in [4.69, 9.17) is 9.84 Å². The van der Waals surface area contributed by atoms with Crippen molar-refractivity contribution in [3.05, 3.63) is 47.0 Å². The number of carboxylic acids is 1. The fourth-order valence-electron chi connectivity index (χ4n) is 3.34. The Morgan fingerprint density at radius 2 is 1.80 bits per heavy atom. The normalized spacial score (nSPS) is 13.6. The number of aliphatic carboxylic acids is 1. The molecule has 11 heteroatoms. The van der Waals surface area contributed by atoms with Crippen molar-refractivity contribution in [2.75, 3.05) is 39.3 Å². The van der Waals surface area contributed by atoms with Crippen LogP contribution in [0.25, 0.3) is 16.6 Å². The van der Waals surface area contributed by atoms with Crippen LogP contribution in [0.3, 0.4) is 0 Å². The molecule has 0 radical (unpaired) electrons. The predicted octanol–water partition coefficient (Wildman–Crippen LogP) is 2.72. The first kappa shape index (κ1) is 25.9. The molecule has 2 heterocycles. The van der Waals surface area contributed by atoms with Crippen molar-refractivity contribution in [3.8, 4) is 10.6 Å². The van der Waals surface area contributed by atoms with Gasteiger partial charge in [-0.25, -0.2) is 14.6 Å². The fourth-order valence-corrected chi connectivity index (χ4v) is 4.31. The molecule has 1 saturated heterocycles. The molecule has 1 fully saturated rings. The number of thiazole rings is 1. The number of carboxylic acid groups (broad SMARTS) is 1. The van der Waals surface area contributed by atoms with Gasteiger partial charge in [0.15, 0.2) is 0 Å². The molecule has 35 heavy (non-hydrogen) atoms. The number of aromatic nitrogens is 1. The Hall–Kier alpha value is -3.73.